The molecular formula is C20H18F3N3O2S. The monoisotopic (exact) mass is 421 g/mol. The molecule has 1 aromatic carbocycles. The lowest BCUT2D eigenvalue weighted by atomic mass is 9.98. The molecular weight excluding hydrogens is 403 g/mol. The number of ether oxygens (including phenoxy) is 1. The Morgan fingerprint density at radius 2 is 2.07 bits per heavy atom. The number of para-hydroxylation sites is 1. The predicted octanol–water partition coefficient (Wildman–Crippen LogP) is 4.65. The van der Waals surface area contributed by atoms with Crippen molar-refractivity contribution in [2.75, 3.05) is 19.7 Å². The van der Waals surface area contributed by atoms with Crippen LogP contribution in [-0.2, 0) is 0 Å². The van der Waals surface area contributed by atoms with Gasteiger partial charge in [-0.05, 0) is 37.1 Å². The molecule has 4 rings (SSSR count). The number of alkyl halides is 3. The number of piperidine rings is 1. The Morgan fingerprint density at radius 1 is 1.24 bits per heavy atom. The van der Waals surface area contributed by atoms with Crippen LogP contribution in [0.4, 0.5) is 13.2 Å². The minimum atomic E-state index is -4.50. The highest BCUT2D eigenvalue weighted by Crippen LogP contribution is 2.34. The Balaban J connectivity index is 1.52. The highest BCUT2D eigenvalue weighted by Gasteiger charge is 2.32. The second-order valence-electron chi connectivity index (χ2n) is 6.87. The topological polar surface area (TPSA) is 55.3 Å². The van der Waals surface area contributed by atoms with E-state index in [1.165, 1.54) is 18.3 Å². The summed E-state index contributed by atoms with van der Waals surface area (Å²) < 4.78 is 43.4. The van der Waals surface area contributed by atoms with Crippen molar-refractivity contribution in [3.63, 3.8) is 0 Å². The molecule has 0 radical (unpaired) electrons. The number of rotatable bonds is 4. The third kappa shape index (κ3) is 4.50. The van der Waals surface area contributed by atoms with Crippen LogP contribution in [0.25, 0.3) is 10.2 Å². The summed E-state index contributed by atoms with van der Waals surface area (Å²) in [6.45, 7) is -0.487. The molecule has 1 aliphatic rings. The van der Waals surface area contributed by atoms with Gasteiger partial charge in [0.1, 0.15) is 5.56 Å². The number of hydrogen-bond donors (Lipinski definition) is 0. The molecule has 3 aromatic rings. The van der Waals surface area contributed by atoms with Gasteiger partial charge in [0.25, 0.3) is 5.91 Å². The van der Waals surface area contributed by atoms with Crippen molar-refractivity contribution in [2.45, 2.75) is 24.9 Å². The van der Waals surface area contributed by atoms with Gasteiger partial charge in [0.2, 0.25) is 5.88 Å². The van der Waals surface area contributed by atoms with Crippen molar-refractivity contribution in [3.05, 3.63) is 53.2 Å². The van der Waals surface area contributed by atoms with Crippen molar-refractivity contribution in [2.24, 2.45) is 0 Å². The number of carbonyl (C=O) groups is 1. The minimum Gasteiger partial charge on any atom is -0.467 e. The molecule has 1 saturated heterocycles. The molecule has 9 heteroatoms. The lowest BCUT2D eigenvalue weighted by Gasteiger charge is -2.32. The summed E-state index contributed by atoms with van der Waals surface area (Å²) in [4.78, 5) is 23.2. The van der Waals surface area contributed by atoms with Crippen LogP contribution in [0.2, 0.25) is 0 Å². The lowest BCUT2D eigenvalue weighted by Crippen LogP contribution is -2.39. The first-order valence-corrected chi connectivity index (χ1v) is 10.0. The summed E-state index contributed by atoms with van der Waals surface area (Å²) in [5.74, 6) is -0.570. The van der Waals surface area contributed by atoms with E-state index in [0.717, 1.165) is 28.1 Å². The average molecular weight is 421 g/mol. The van der Waals surface area contributed by atoms with Gasteiger partial charge in [-0.2, -0.15) is 13.2 Å². The number of likely N-dealkylation sites (tertiary alicyclic amines) is 1. The number of pyridine rings is 1. The van der Waals surface area contributed by atoms with Gasteiger partial charge in [0.05, 0.1) is 15.2 Å². The summed E-state index contributed by atoms with van der Waals surface area (Å²) >= 11 is 1.62. The van der Waals surface area contributed by atoms with Gasteiger partial charge in [-0.1, -0.05) is 12.1 Å². The molecule has 0 N–H and O–H groups in total. The molecule has 0 saturated carbocycles. The maximum Gasteiger partial charge on any atom is 0.422 e. The van der Waals surface area contributed by atoms with Crippen molar-refractivity contribution in [1.82, 2.24) is 14.9 Å². The molecule has 1 aliphatic heterocycles. The summed E-state index contributed by atoms with van der Waals surface area (Å²) in [6, 6.07) is 10.8. The fourth-order valence-corrected chi connectivity index (χ4v) is 4.51. The largest absolute Gasteiger partial charge is 0.467 e. The fraction of sp³-hybridized carbons (Fsp3) is 0.350. The Labute approximate surface area is 169 Å². The highest BCUT2D eigenvalue weighted by atomic mass is 32.1. The fourth-order valence-electron chi connectivity index (χ4n) is 3.42. The number of halogens is 3. The molecule has 0 bridgehead atoms. The Kier molecular flexibility index (Phi) is 5.40. The molecule has 29 heavy (non-hydrogen) atoms. The van der Waals surface area contributed by atoms with Crippen molar-refractivity contribution < 1.29 is 22.7 Å². The molecule has 5 nitrogen and oxygen atoms in total. The van der Waals surface area contributed by atoms with E-state index < -0.39 is 12.8 Å². The van der Waals surface area contributed by atoms with E-state index in [0.29, 0.717) is 13.1 Å². The summed E-state index contributed by atoms with van der Waals surface area (Å²) in [6.07, 6.45) is -1.48. The third-order valence-electron chi connectivity index (χ3n) is 4.74. The minimum absolute atomic E-state index is 0.0432. The summed E-state index contributed by atoms with van der Waals surface area (Å²) in [5.41, 5.74) is 0.979. The normalized spacial score (nSPS) is 17.5. The zero-order valence-corrected chi connectivity index (χ0v) is 16.2. The molecule has 1 amide bonds. The number of hydrogen-bond acceptors (Lipinski definition) is 5. The quantitative estimate of drug-likeness (QED) is 0.615. The SMILES string of the molecule is O=C(c1cccnc1OCC(F)(F)F)N1CCC[C@H](c2nc3ccccc3s2)C1. The van der Waals surface area contributed by atoms with Gasteiger partial charge in [-0.15, -0.1) is 11.3 Å². The van der Waals surface area contributed by atoms with E-state index in [1.54, 1.807) is 16.2 Å². The standard InChI is InChI=1S/C20H18F3N3O2S/c21-20(22,23)12-28-17-14(6-3-9-24-17)19(27)26-10-4-5-13(11-26)18-25-15-7-1-2-8-16(15)29-18/h1-3,6-9,13H,4-5,10-12H2/t13-/m0/s1. The van der Waals surface area contributed by atoms with Crippen LogP contribution in [0.15, 0.2) is 42.6 Å². The molecule has 1 fully saturated rings. The van der Waals surface area contributed by atoms with E-state index >= 15 is 0 Å². The Morgan fingerprint density at radius 3 is 2.86 bits per heavy atom. The second kappa shape index (κ2) is 7.98. The molecule has 2 aromatic heterocycles. The zero-order chi connectivity index (χ0) is 20.4. The highest BCUT2D eigenvalue weighted by molar-refractivity contribution is 7.18. The number of fused-ring (bicyclic) bond motifs is 1. The average Bonchev–Trinajstić information content (AvgIpc) is 3.16. The molecule has 1 atom stereocenters. The van der Waals surface area contributed by atoms with Crippen LogP contribution in [0, 0.1) is 0 Å². The van der Waals surface area contributed by atoms with Gasteiger partial charge < -0.3 is 9.64 Å². The van der Waals surface area contributed by atoms with Crippen molar-refractivity contribution in [1.29, 1.82) is 0 Å². The van der Waals surface area contributed by atoms with Gasteiger partial charge in [0.15, 0.2) is 6.61 Å². The van der Waals surface area contributed by atoms with E-state index in [1.807, 2.05) is 24.3 Å². The first-order valence-electron chi connectivity index (χ1n) is 9.20. The van der Waals surface area contributed by atoms with E-state index in [-0.39, 0.29) is 23.3 Å². The van der Waals surface area contributed by atoms with Crippen LogP contribution in [0.1, 0.15) is 34.1 Å². The Bertz CT molecular complexity index is 988. The van der Waals surface area contributed by atoms with Gasteiger partial charge >= 0.3 is 6.18 Å². The molecule has 3 heterocycles. The maximum atomic E-state index is 13.0. The van der Waals surface area contributed by atoms with E-state index in [9.17, 15) is 18.0 Å². The zero-order valence-electron chi connectivity index (χ0n) is 15.4. The van der Waals surface area contributed by atoms with Crippen LogP contribution in [0.5, 0.6) is 5.88 Å². The van der Waals surface area contributed by atoms with Crippen molar-refractivity contribution in [3.8, 4) is 5.88 Å². The number of amides is 1. The predicted molar refractivity (Wildman–Crippen MR) is 103 cm³/mol. The number of carbonyl (C=O) groups excluding carboxylic acids is 1. The smallest absolute Gasteiger partial charge is 0.422 e. The first kappa shape index (κ1) is 19.6. The third-order valence-corrected chi connectivity index (χ3v) is 5.94. The molecule has 152 valence electrons. The van der Waals surface area contributed by atoms with E-state index in [4.69, 9.17) is 9.72 Å². The van der Waals surface area contributed by atoms with Gasteiger partial charge in [-0.3, -0.25) is 4.79 Å². The van der Waals surface area contributed by atoms with E-state index in [2.05, 4.69) is 4.98 Å². The van der Waals surface area contributed by atoms with Crippen LogP contribution in [-0.4, -0.2) is 46.6 Å². The number of aromatic nitrogens is 2. The Hall–Kier alpha value is -2.68. The first-order chi connectivity index (χ1) is 13.9. The second-order valence-corrected chi connectivity index (χ2v) is 7.93. The van der Waals surface area contributed by atoms with Gasteiger partial charge in [0, 0.05) is 25.2 Å². The number of benzene rings is 1. The van der Waals surface area contributed by atoms with Crippen LogP contribution < -0.4 is 4.74 Å². The maximum absolute atomic E-state index is 13.0. The summed E-state index contributed by atoms with van der Waals surface area (Å²) in [7, 11) is 0. The van der Waals surface area contributed by atoms with Crippen LogP contribution >= 0.6 is 11.3 Å². The molecule has 0 unspecified atom stereocenters. The van der Waals surface area contributed by atoms with Gasteiger partial charge in [-0.25, -0.2) is 9.97 Å². The lowest BCUT2D eigenvalue weighted by molar-refractivity contribution is -0.154. The molecule has 0 spiro atoms. The van der Waals surface area contributed by atoms with Crippen molar-refractivity contribution >= 4 is 27.5 Å². The number of nitrogens with zero attached hydrogens (tertiary/aromatic N) is 3. The summed E-state index contributed by atoms with van der Waals surface area (Å²) in [5, 5.41) is 0.975. The van der Waals surface area contributed by atoms with Crippen LogP contribution in [0.3, 0.4) is 0 Å². The number of thiazole rings is 1. The molecule has 0 aliphatic carbocycles.